The zero-order valence-corrected chi connectivity index (χ0v) is 7.16. The second-order valence-corrected chi connectivity index (χ2v) is 2.47. The van der Waals surface area contributed by atoms with E-state index < -0.39 is 0 Å². The molecule has 1 N–H and O–H groups in total. The normalized spacial score (nSPS) is 10.1. The van der Waals surface area contributed by atoms with Gasteiger partial charge >= 0.3 is 0 Å². The first-order valence-corrected chi connectivity index (χ1v) is 3.98. The lowest BCUT2D eigenvalue weighted by molar-refractivity contribution is 0.170. The van der Waals surface area contributed by atoms with Crippen molar-refractivity contribution >= 4 is 5.84 Å². The van der Waals surface area contributed by atoms with Crippen LogP contribution < -0.4 is 0 Å². The average Bonchev–Trinajstić information content (AvgIpc) is 2.56. The van der Waals surface area contributed by atoms with Crippen molar-refractivity contribution in [1.82, 2.24) is 9.55 Å². The predicted octanol–water partition coefficient (Wildman–Crippen LogP) is 1.14. The summed E-state index contributed by atoms with van der Waals surface area (Å²) in [6.07, 6.45) is 5.96. The Morgan fingerprint density at radius 2 is 2.50 bits per heavy atom. The molecule has 0 bridgehead atoms. The summed E-state index contributed by atoms with van der Waals surface area (Å²) in [5.74, 6) is 0.418. The first kappa shape index (κ1) is 8.93. The predicted molar refractivity (Wildman–Crippen MR) is 46.5 cm³/mol. The number of nitrogens with one attached hydrogen (secondary N) is 1. The van der Waals surface area contributed by atoms with Gasteiger partial charge in [0.05, 0.1) is 0 Å². The van der Waals surface area contributed by atoms with E-state index in [2.05, 4.69) is 4.98 Å². The third-order valence-corrected chi connectivity index (χ3v) is 1.40. The zero-order valence-electron chi connectivity index (χ0n) is 7.16. The Kier molecular flexibility index (Phi) is 3.47. The van der Waals surface area contributed by atoms with Gasteiger partial charge in [-0.15, -0.1) is 0 Å². The van der Waals surface area contributed by atoms with Gasteiger partial charge < -0.3 is 4.74 Å². The average molecular weight is 167 g/mol. The Labute approximate surface area is 71.7 Å². The van der Waals surface area contributed by atoms with E-state index in [-0.39, 0.29) is 0 Å². The lowest BCUT2D eigenvalue weighted by Crippen LogP contribution is -2.15. The molecule has 4 heteroatoms. The van der Waals surface area contributed by atoms with Crippen LogP contribution in [0.4, 0.5) is 0 Å². The van der Waals surface area contributed by atoms with Crippen molar-refractivity contribution in [3.63, 3.8) is 0 Å². The van der Waals surface area contributed by atoms with Crippen molar-refractivity contribution in [3.8, 4) is 0 Å². The molecular formula is C8H13N3O. The van der Waals surface area contributed by atoms with E-state index in [4.69, 9.17) is 10.1 Å². The molecule has 1 aromatic rings. The van der Waals surface area contributed by atoms with E-state index >= 15 is 0 Å². The molecule has 0 atom stereocenters. The van der Waals surface area contributed by atoms with Gasteiger partial charge in [-0.1, -0.05) is 6.92 Å². The molecule has 0 fully saturated rings. The van der Waals surface area contributed by atoms with Crippen molar-refractivity contribution in [3.05, 3.63) is 18.7 Å². The fraction of sp³-hybridized carbons (Fsp3) is 0.500. The second kappa shape index (κ2) is 4.66. The Hall–Kier alpha value is -1.16. The summed E-state index contributed by atoms with van der Waals surface area (Å²) in [5.41, 5.74) is 0. The summed E-state index contributed by atoms with van der Waals surface area (Å²) in [6.45, 7) is 3.10. The molecule has 0 spiro atoms. The van der Waals surface area contributed by atoms with E-state index in [0.717, 1.165) is 6.42 Å². The number of nitrogens with zero attached hydrogens (tertiary/aromatic N) is 2. The highest BCUT2D eigenvalue weighted by atomic mass is 16.5. The Morgan fingerprint density at radius 3 is 3.08 bits per heavy atom. The zero-order chi connectivity index (χ0) is 8.81. The molecule has 0 saturated carbocycles. The van der Waals surface area contributed by atoms with E-state index in [1.807, 2.05) is 6.92 Å². The molecule has 0 saturated heterocycles. The monoisotopic (exact) mass is 167 g/mol. The highest BCUT2D eigenvalue weighted by Crippen LogP contribution is 1.88. The van der Waals surface area contributed by atoms with Gasteiger partial charge in [0.15, 0.2) is 0 Å². The molecule has 0 aliphatic heterocycles. The summed E-state index contributed by atoms with van der Waals surface area (Å²) in [4.78, 5) is 3.84. The first-order chi connectivity index (χ1) is 5.84. The molecule has 1 aromatic heterocycles. The van der Waals surface area contributed by atoms with Crippen molar-refractivity contribution in [2.45, 2.75) is 13.3 Å². The Morgan fingerprint density at radius 1 is 1.67 bits per heavy atom. The molecule has 12 heavy (non-hydrogen) atoms. The number of hydrogen-bond donors (Lipinski definition) is 1. The summed E-state index contributed by atoms with van der Waals surface area (Å²) in [6, 6.07) is 0. The van der Waals surface area contributed by atoms with Crippen LogP contribution in [-0.4, -0.2) is 28.6 Å². The number of rotatable bonds is 4. The molecular weight excluding hydrogens is 154 g/mol. The van der Waals surface area contributed by atoms with Crippen LogP contribution in [0.25, 0.3) is 0 Å². The smallest absolute Gasteiger partial charge is 0.132 e. The fourth-order valence-electron chi connectivity index (χ4n) is 0.806. The topological polar surface area (TPSA) is 50.9 Å². The maximum absolute atomic E-state index is 7.52. The van der Waals surface area contributed by atoms with Crippen LogP contribution in [0.3, 0.4) is 0 Å². The highest BCUT2D eigenvalue weighted by molar-refractivity contribution is 5.82. The van der Waals surface area contributed by atoms with Crippen LogP contribution in [-0.2, 0) is 4.74 Å². The van der Waals surface area contributed by atoms with Gasteiger partial charge in [-0.2, -0.15) is 0 Å². The lowest BCUT2D eigenvalue weighted by atomic mass is 10.5. The Balaban J connectivity index is 2.30. The van der Waals surface area contributed by atoms with Crippen molar-refractivity contribution in [2.75, 3.05) is 13.2 Å². The molecule has 0 aliphatic carbocycles. The lowest BCUT2D eigenvalue weighted by Gasteiger charge is -2.04. The largest absolute Gasteiger partial charge is 0.374 e. The van der Waals surface area contributed by atoms with Crippen LogP contribution in [0.15, 0.2) is 18.7 Å². The summed E-state index contributed by atoms with van der Waals surface area (Å²) in [5, 5.41) is 7.52. The number of imidazole rings is 1. The molecule has 0 unspecified atom stereocenters. The molecule has 1 heterocycles. The van der Waals surface area contributed by atoms with E-state index in [0.29, 0.717) is 19.0 Å². The summed E-state index contributed by atoms with van der Waals surface area (Å²) < 4.78 is 6.83. The second-order valence-electron chi connectivity index (χ2n) is 2.47. The summed E-state index contributed by atoms with van der Waals surface area (Å²) >= 11 is 0. The molecule has 0 aromatic carbocycles. The molecule has 0 radical (unpaired) electrons. The van der Waals surface area contributed by atoms with Gasteiger partial charge in [-0.25, -0.2) is 4.98 Å². The van der Waals surface area contributed by atoms with Crippen LogP contribution in [0.2, 0.25) is 0 Å². The number of aromatic nitrogens is 2. The van der Waals surface area contributed by atoms with Gasteiger partial charge in [0.1, 0.15) is 18.8 Å². The van der Waals surface area contributed by atoms with Crippen molar-refractivity contribution in [2.24, 2.45) is 0 Å². The van der Waals surface area contributed by atoms with E-state index in [9.17, 15) is 0 Å². The van der Waals surface area contributed by atoms with Gasteiger partial charge in [0.2, 0.25) is 0 Å². The van der Waals surface area contributed by atoms with Crippen LogP contribution in [0, 0.1) is 5.41 Å². The van der Waals surface area contributed by atoms with Crippen LogP contribution in [0.1, 0.15) is 13.3 Å². The molecule has 0 aliphatic rings. The van der Waals surface area contributed by atoms with Gasteiger partial charge in [0.25, 0.3) is 0 Å². The fourth-order valence-corrected chi connectivity index (χ4v) is 0.806. The molecule has 4 nitrogen and oxygen atoms in total. The van der Waals surface area contributed by atoms with E-state index in [1.165, 1.54) is 0 Å². The minimum Gasteiger partial charge on any atom is -0.374 e. The van der Waals surface area contributed by atoms with Gasteiger partial charge in [-0.05, 0) is 6.42 Å². The van der Waals surface area contributed by atoms with E-state index in [1.54, 1.807) is 23.3 Å². The van der Waals surface area contributed by atoms with Crippen molar-refractivity contribution in [1.29, 1.82) is 5.41 Å². The number of hydrogen-bond acceptors (Lipinski definition) is 3. The van der Waals surface area contributed by atoms with Crippen LogP contribution in [0.5, 0.6) is 0 Å². The van der Waals surface area contributed by atoms with Crippen LogP contribution >= 0.6 is 0 Å². The van der Waals surface area contributed by atoms with Gasteiger partial charge in [-0.3, -0.25) is 9.98 Å². The Bertz CT molecular complexity index is 230. The summed E-state index contributed by atoms with van der Waals surface area (Å²) in [7, 11) is 0. The third-order valence-electron chi connectivity index (χ3n) is 1.40. The molecule has 1 rings (SSSR count). The third kappa shape index (κ3) is 2.47. The number of ether oxygens (including phenoxy) is 1. The SMILES string of the molecule is CCCOCC(=N)n1ccnc1. The van der Waals surface area contributed by atoms with Crippen molar-refractivity contribution < 1.29 is 4.74 Å². The maximum atomic E-state index is 7.52. The first-order valence-electron chi connectivity index (χ1n) is 3.98. The van der Waals surface area contributed by atoms with Gasteiger partial charge in [0, 0.05) is 19.0 Å². The maximum Gasteiger partial charge on any atom is 0.132 e. The molecule has 0 amide bonds. The standard InChI is InChI=1S/C8H13N3O/c1-2-5-12-6-8(9)11-4-3-10-7-11/h3-4,7,9H,2,5-6H2,1H3. The minimum atomic E-state index is 0.351. The minimum absolute atomic E-state index is 0.351. The quantitative estimate of drug-likeness (QED) is 0.415. The molecule has 66 valence electrons. The highest BCUT2D eigenvalue weighted by Gasteiger charge is 1.97.